The van der Waals surface area contributed by atoms with Gasteiger partial charge in [0.1, 0.15) is 0 Å². The molecule has 4 heteroatoms. The van der Waals surface area contributed by atoms with Crippen molar-refractivity contribution in [3.8, 4) is 0 Å². The summed E-state index contributed by atoms with van der Waals surface area (Å²) in [5, 5.41) is 0. The summed E-state index contributed by atoms with van der Waals surface area (Å²) in [7, 11) is -2.56. The highest BCUT2D eigenvalue weighted by Crippen LogP contribution is 2.09. The quantitative estimate of drug-likeness (QED) is 0.558. The molecule has 0 saturated heterocycles. The van der Waals surface area contributed by atoms with Crippen molar-refractivity contribution in [3.63, 3.8) is 0 Å². The maximum atomic E-state index is 5.57. The van der Waals surface area contributed by atoms with Crippen LogP contribution in [0.2, 0.25) is 0 Å². The zero-order valence-electron chi connectivity index (χ0n) is 9.67. The Kier molecular flexibility index (Phi) is 8.47. The van der Waals surface area contributed by atoms with Crippen molar-refractivity contribution in [1.82, 2.24) is 0 Å². The van der Waals surface area contributed by atoms with Crippen LogP contribution in [0.25, 0.3) is 0 Å². The van der Waals surface area contributed by atoms with Gasteiger partial charge >= 0.3 is 8.80 Å². The van der Waals surface area contributed by atoms with Gasteiger partial charge in [0, 0.05) is 26.4 Å². The molecule has 0 aliphatic heterocycles. The molecule has 0 rings (SSSR count). The highest BCUT2D eigenvalue weighted by molar-refractivity contribution is 6.62. The minimum Gasteiger partial charge on any atom is -0.373 e. The van der Waals surface area contributed by atoms with Gasteiger partial charge in [-0.1, -0.05) is 20.8 Å². The average Bonchev–Trinajstić information content (AvgIpc) is 2.21. The van der Waals surface area contributed by atoms with Crippen LogP contribution in [0, 0.1) is 6.55 Å². The fourth-order valence-corrected chi connectivity index (χ4v) is 2.69. The number of hydrogen-bond donors (Lipinski definition) is 0. The number of hydrogen-bond acceptors (Lipinski definition) is 3. The predicted molar refractivity (Wildman–Crippen MR) is 59.8 cm³/mol. The maximum Gasteiger partial charge on any atom is 0.500 e. The van der Waals surface area contributed by atoms with Gasteiger partial charge in [0.2, 0.25) is 0 Å². The lowest BCUT2D eigenvalue weighted by atomic mass is 10.5. The standard InChI is InChI=1S/C10H23O3Si/c1-5-8-11-14(4,12-9-6-2)13-10-7-3/h4-10H2,1-3H3. The number of rotatable bonds is 9. The van der Waals surface area contributed by atoms with E-state index in [9.17, 15) is 0 Å². The Balaban J connectivity index is 3.89. The highest BCUT2D eigenvalue weighted by atomic mass is 28.4. The molecule has 0 aliphatic carbocycles. The van der Waals surface area contributed by atoms with Crippen molar-refractivity contribution in [2.75, 3.05) is 19.8 Å². The lowest BCUT2D eigenvalue weighted by Gasteiger charge is -2.25. The second-order valence-electron chi connectivity index (χ2n) is 3.23. The lowest BCUT2D eigenvalue weighted by Crippen LogP contribution is -2.44. The summed E-state index contributed by atoms with van der Waals surface area (Å²) >= 11 is 0. The largest absolute Gasteiger partial charge is 0.500 e. The van der Waals surface area contributed by atoms with Gasteiger partial charge in [0.15, 0.2) is 0 Å². The van der Waals surface area contributed by atoms with Crippen molar-refractivity contribution >= 4 is 8.80 Å². The first kappa shape index (κ1) is 14.1. The molecule has 0 bridgehead atoms. The fraction of sp³-hybridized carbons (Fsp3) is 0.900. The third-order valence-corrected chi connectivity index (χ3v) is 3.51. The van der Waals surface area contributed by atoms with Gasteiger partial charge in [-0.25, -0.2) is 0 Å². The monoisotopic (exact) mass is 219 g/mol. The van der Waals surface area contributed by atoms with Crippen molar-refractivity contribution in [1.29, 1.82) is 0 Å². The molecule has 14 heavy (non-hydrogen) atoms. The summed E-state index contributed by atoms with van der Waals surface area (Å²) in [4.78, 5) is 0. The molecule has 0 N–H and O–H groups in total. The van der Waals surface area contributed by atoms with E-state index < -0.39 is 8.80 Å². The molecular formula is C10H23O3Si. The van der Waals surface area contributed by atoms with Crippen LogP contribution in [0.4, 0.5) is 0 Å². The summed E-state index contributed by atoms with van der Waals surface area (Å²) in [5.41, 5.74) is 0. The summed E-state index contributed by atoms with van der Waals surface area (Å²) < 4.78 is 16.7. The average molecular weight is 219 g/mol. The van der Waals surface area contributed by atoms with Crippen LogP contribution in [0.15, 0.2) is 0 Å². The van der Waals surface area contributed by atoms with Crippen LogP contribution in [-0.2, 0) is 13.3 Å². The molecule has 0 fully saturated rings. The first-order valence-electron chi connectivity index (χ1n) is 5.45. The van der Waals surface area contributed by atoms with Gasteiger partial charge in [0.25, 0.3) is 0 Å². The minimum absolute atomic E-state index is 0.670. The van der Waals surface area contributed by atoms with Crippen LogP contribution >= 0.6 is 0 Å². The minimum atomic E-state index is -2.56. The Morgan fingerprint density at radius 3 is 1.29 bits per heavy atom. The molecule has 0 saturated carbocycles. The molecule has 3 nitrogen and oxygen atoms in total. The first-order valence-corrected chi connectivity index (χ1v) is 7.39. The van der Waals surface area contributed by atoms with Crippen LogP contribution in [-0.4, -0.2) is 28.6 Å². The van der Waals surface area contributed by atoms with Gasteiger partial charge in [-0.3, -0.25) is 0 Å². The van der Waals surface area contributed by atoms with E-state index in [-0.39, 0.29) is 0 Å². The molecule has 0 aromatic rings. The van der Waals surface area contributed by atoms with Crippen LogP contribution < -0.4 is 0 Å². The van der Waals surface area contributed by atoms with Crippen molar-refractivity contribution in [3.05, 3.63) is 6.55 Å². The van der Waals surface area contributed by atoms with Crippen molar-refractivity contribution in [2.45, 2.75) is 40.0 Å². The van der Waals surface area contributed by atoms with Gasteiger partial charge in [-0.05, 0) is 19.3 Å². The van der Waals surface area contributed by atoms with E-state index in [0.29, 0.717) is 19.8 Å². The Bertz CT molecular complexity index is 109. The molecule has 0 aliphatic rings. The molecule has 0 spiro atoms. The Hall–Kier alpha value is 0.0969. The lowest BCUT2D eigenvalue weighted by molar-refractivity contribution is 0.0708. The van der Waals surface area contributed by atoms with Crippen molar-refractivity contribution < 1.29 is 13.3 Å². The maximum absolute atomic E-state index is 5.57. The molecule has 1 radical (unpaired) electrons. The molecule has 0 aromatic heterocycles. The van der Waals surface area contributed by atoms with Gasteiger partial charge in [-0.2, -0.15) is 0 Å². The second kappa shape index (κ2) is 8.41. The van der Waals surface area contributed by atoms with E-state index in [4.69, 9.17) is 13.3 Å². The molecule has 85 valence electrons. The van der Waals surface area contributed by atoms with Gasteiger partial charge in [-0.15, -0.1) is 0 Å². The molecule has 0 amide bonds. The zero-order valence-corrected chi connectivity index (χ0v) is 10.7. The normalized spacial score (nSPS) is 12.0. The van der Waals surface area contributed by atoms with E-state index in [1.807, 2.05) is 0 Å². The summed E-state index contributed by atoms with van der Waals surface area (Å²) in [6.45, 7) is 12.2. The Labute approximate surface area is 89.1 Å². The topological polar surface area (TPSA) is 27.7 Å². The molecule has 0 heterocycles. The van der Waals surface area contributed by atoms with E-state index in [1.165, 1.54) is 0 Å². The predicted octanol–water partition coefficient (Wildman–Crippen LogP) is 2.58. The zero-order chi connectivity index (χ0) is 10.9. The molecular weight excluding hydrogens is 196 g/mol. The Morgan fingerprint density at radius 1 is 0.786 bits per heavy atom. The van der Waals surface area contributed by atoms with Crippen LogP contribution in [0.5, 0.6) is 0 Å². The van der Waals surface area contributed by atoms with E-state index in [2.05, 4.69) is 27.3 Å². The third-order valence-electron chi connectivity index (χ3n) is 1.58. The first-order chi connectivity index (χ1) is 6.68. The third kappa shape index (κ3) is 6.54. The molecule has 0 unspecified atom stereocenters. The summed E-state index contributed by atoms with van der Waals surface area (Å²) in [6.07, 6.45) is 2.90. The van der Waals surface area contributed by atoms with Crippen LogP contribution in [0.1, 0.15) is 40.0 Å². The van der Waals surface area contributed by atoms with E-state index in [1.54, 1.807) is 0 Å². The molecule has 0 aromatic carbocycles. The molecule has 0 atom stereocenters. The summed E-state index contributed by atoms with van der Waals surface area (Å²) in [6, 6.07) is 0. The SMILES string of the molecule is [CH2][Si](OCCC)(OCCC)OCCC. The van der Waals surface area contributed by atoms with Crippen LogP contribution in [0.3, 0.4) is 0 Å². The van der Waals surface area contributed by atoms with Gasteiger partial charge < -0.3 is 13.3 Å². The smallest absolute Gasteiger partial charge is 0.373 e. The second-order valence-corrected chi connectivity index (χ2v) is 5.46. The fourth-order valence-electron chi connectivity index (χ4n) is 0.898. The highest BCUT2D eigenvalue weighted by Gasteiger charge is 2.34. The van der Waals surface area contributed by atoms with Crippen molar-refractivity contribution in [2.24, 2.45) is 0 Å². The Morgan fingerprint density at radius 2 is 1.07 bits per heavy atom. The van der Waals surface area contributed by atoms with E-state index in [0.717, 1.165) is 19.3 Å². The van der Waals surface area contributed by atoms with E-state index >= 15 is 0 Å². The van der Waals surface area contributed by atoms with Gasteiger partial charge in [0.05, 0.1) is 0 Å². The summed E-state index contributed by atoms with van der Waals surface area (Å²) in [5.74, 6) is 0.